The van der Waals surface area contributed by atoms with Crippen molar-refractivity contribution in [2.24, 2.45) is 0 Å². The Labute approximate surface area is 152 Å². The molecule has 0 aliphatic carbocycles. The van der Waals surface area contributed by atoms with Gasteiger partial charge in [-0.1, -0.05) is 42.0 Å². The number of rotatable bonds is 3. The van der Waals surface area contributed by atoms with Crippen LogP contribution in [0.4, 0.5) is 5.95 Å². The number of aryl methyl sites for hydroxylation is 1. The largest absolute Gasteiger partial charge is 0.463 e. The zero-order chi connectivity index (χ0) is 18.3. The lowest BCUT2D eigenvalue weighted by atomic mass is 9.94. The molecule has 5 heteroatoms. The molecule has 0 unspecified atom stereocenters. The highest BCUT2D eigenvalue weighted by Gasteiger charge is 2.34. The van der Waals surface area contributed by atoms with Gasteiger partial charge < -0.3 is 10.1 Å². The van der Waals surface area contributed by atoms with Crippen LogP contribution in [0.25, 0.3) is 11.0 Å². The van der Waals surface area contributed by atoms with Crippen molar-refractivity contribution in [3.63, 3.8) is 0 Å². The van der Waals surface area contributed by atoms with Crippen molar-refractivity contribution in [1.29, 1.82) is 0 Å². The first-order valence-corrected chi connectivity index (χ1v) is 8.78. The van der Waals surface area contributed by atoms with Crippen LogP contribution < -0.4 is 5.32 Å². The summed E-state index contributed by atoms with van der Waals surface area (Å²) in [5.41, 5.74) is 5.46. The van der Waals surface area contributed by atoms with Crippen LogP contribution in [0.2, 0.25) is 0 Å². The molecule has 5 nitrogen and oxygen atoms in total. The van der Waals surface area contributed by atoms with E-state index in [1.165, 1.54) is 0 Å². The summed E-state index contributed by atoms with van der Waals surface area (Å²) >= 11 is 0. The van der Waals surface area contributed by atoms with Gasteiger partial charge in [0.15, 0.2) is 0 Å². The Kier molecular flexibility index (Phi) is 3.99. The summed E-state index contributed by atoms with van der Waals surface area (Å²) in [6, 6.07) is 15.9. The van der Waals surface area contributed by atoms with Crippen molar-refractivity contribution in [2.75, 3.05) is 11.9 Å². The van der Waals surface area contributed by atoms with Gasteiger partial charge in [-0.25, -0.2) is 9.78 Å². The molecule has 1 N–H and O–H groups in total. The van der Waals surface area contributed by atoms with Crippen LogP contribution in [-0.2, 0) is 9.53 Å². The van der Waals surface area contributed by atoms with Gasteiger partial charge in [-0.2, -0.15) is 0 Å². The number of hydrogen-bond donors (Lipinski definition) is 1. The van der Waals surface area contributed by atoms with E-state index < -0.39 is 0 Å². The Morgan fingerprint density at radius 1 is 1.19 bits per heavy atom. The van der Waals surface area contributed by atoms with E-state index >= 15 is 0 Å². The molecule has 1 aliphatic rings. The van der Waals surface area contributed by atoms with Gasteiger partial charge in [0, 0.05) is 5.70 Å². The number of carbonyl (C=O) groups excluding carboxylic acids is 1. The summed E-state index contributed by atoms with van der Waals surface area (Å²) in [6.07, 6.45) is 0. The lowest BCUT2D eigenvalue weighted by molar-refractivity contribution is -0.139. The van der Waals surface area contributed by atoms with Crippen LogP contribution in [0.15, 0.2) is 59.8 Å². The number of fused-ring (bicyclic) bond motifs is 3. The van der Waals surface area contributed by atoms with Gasteiger partial charge in [-0.3, -0.25) is 4.57 Å². The third-order valence-corrected chi connectivity index (χ3v) is 4.68. The average molecular weight is 347 g/mol. The van der Waals surface area contributed by atoms with E-state index in [4.69, 9.17) is 9.72 Å². The Balaban J connectivity index is 1.99. The molecule has 2 heterocycles. The molecule has 0 amide bonds. The summed E-state index contributed by atoms with van der Waals surface area (Å²) in [5, 5.41) is 3.28. The standard InChI is InChI=1S/C21H21N3O2/c1-4-26-20(25)18-14(3)22-21-23-16-10-5-6-11-17(16)24(21)19(18)15-9-7-8-13(2)12-15/h5-12,19H,4H2,1-3H3,(H,22,23)/t19-/m1/s1. The SMILES string of the molecule is CCOC(=O)C1=C(C)Nc2nc3ccccc3n2[C@@H]1c1cccc(C)c1. The van der Waals surface area contributed by atoms with Gasteiger partial charge in [0.25, 0.3) is 0 Å². The molecule has 4 rings (SSSR count). The number of aromatic nitrogens is 2. The molecule has 0 bridgehead atoms. The Morgan fingerprint density at radius 2 is 2.00 bits per heavy atom. The number of hydrogen-bond acceptors (Lipinski definition) is 4. The topological polar surface area (TPSA) is 56.1 Å². The van der Waals surface area contributed by atoms with Gasteiger partial charge in [-0.05, 0) is 38.5 Å². The van der Waals surface area contributed by atoms with E-state index in [9.17, 15) is 4.79 Å². The third kappa shape index (κ3) is 2.56. The summed E-state index contributed by atoms with van der Waals surface area (Å²) in [6.45, 7) is 6.12. The number of ether oxygens (including phenoxy) is 1. The van der Waals surface area contributed by atoms with Crippen molar-refractivity contribution in [2.45, 2.75) is 26.8 Å². The number of para-hydroxylation sites is 2. The minimum atomic E-state index is -0.299. The number of benzene rings is 2. The highest BCUT2D eigenvalue weighted by molar-refractivity contribution is 5.94. The predicted octanol–water partition coefficient (Wildman–Crippen LogP) is 4.20. The molecule has 1 aliphatic heterocycles. The first-order chi connectivity index (χ1) is 12.6. The normalized spacial score (nSPS) is 16.3. The average Bonchev–Trinajstić information content (AvgIpc) is 2.98. The van der Waals surface area contributed by atoms with E-state index in [1.807, 2.05) is 50.2 Å². The van der Waals surface area contributed by atoms with E-state index in [1.54, 1.807) is 0 Å². The maximum atomic E-state index is 12.8. The highest BCUT2D eigenvalue weighted by atomic mass is 16.5. The third-order valence-electron chi connectivity index (χ3n) is 4.68. The van der Waals surface area contributed by atoms with E-state index in [2.05, 4.69) is 28.9 Å². The number of imidazole rings is 1. The van der Waals surface area contributed by atoms with Crippen molar-refractivity contribution in [3.05, 3.63) is 70.9 Å². The first kappa shape index (κ1) is 16.4. The predicted molar refractivity (Wildman–Crippen MR) is 102 cm³/mol. The second-order valence-corrected chi connectivity index (χ2v) is 6.49. The summed E-state index contributed by atoms with van der Waals surface area (Å²) < 4.78 is 7.45. The summed E-state index contributed by atoms with van der Waals surface area (Å²) in [4.78, 5) is 17.5. The number of anilines is 1. The molecule has 0 spiro atoms. The van der Waals surface area contributed by atoms with Gasteiger partial charge in [-0.15, -0.1) is 0 Å². The Morgan fingerprint density at radius 3 is 2.77 bits per heavy atom. The van der Waals surface area contributed by atoms with E-state index in [0.29, 0.717) is 12.2 Å². The fourth-order valence-electron chi connectivity index (χ4n) is 3.59. The number of carbonyl (C=O) groups is 1. The zero-order valence-corrected chi connectivity index (χ0v) is 15.1. The second-order valence-electron chi connectivity index (χ2n) is 6.49. The lowest BCUT2D eigenvalue weighted by Crippen LogP contribution is -2.29. The highest BCUT2D eigenvalue weighted by Crippen LogP contribution is 2.39. The maximum Gasteiger partial charge on any atom is 0.338 e. The molecule has 3 aromatic rings. The fourth-order valence-corrected chi connectivity index (χ4v) is 3.59. The Hall–Kier alpha value is -3.08. The fraction of sp³-hybridized carbons (Fsp3) is 0.238. The Bertz CT molecular complexity index is 1030. The molecule has 26 heavy (non-hydrogen) atoms. The van der Waals surface area contributed by atoms with Crippen LogP contribution >= 0.6 is 0 Å². The van der Waals surface area contributed by atoms with Crippen LogP contribution in [0.1, 0.15) is 31.0 Å². The van der Waals surface area contributed by atoms with Gasteiger partial charge in [0.1, 0.15) is 0 Å². The minimum absolute atomic E-state index is 0.280. The van der Waals surface area contributed by atoms with Crippen molar-refractivity contribution < 1.29 is 9.53 Å². The monoisotopic (exact) mass is 347 g/mol. The maximum absolute atomic E-state index is 12.8. The molecule has 1 aromatic heterocycles. The molecular weight excluding hydrogens is 326 g/mol. The quantitative estimate of drug-likeness (QED) is 0.722. The number of esters is 1. The molecule has 0 radical (unpaired) electrons. The van der Waals surface area contributed by atoms with Crippen LogP contribution in [0.5, 0.6) is 0 Å². The number of nitrogens with one attached hydrogen (secondary N) is 1. The van der Waals surface area contributed by atoms with Crippen molar-refractivity contribution >= 4 is 23.0 Å². The van der Waals surface area contributed by atoms with Crippen LogP contribution in [0, 0.1) is 6.92 Å². The molecule has 0 saturated heterocycles. The van der Waals surface area contributed by atoms with Gasteiger partial charge in [0.05, 0.1) is 29.3 Å². The van der Waals surface area contributed by atoms with E-state index in [0.717, 1.165) is 33.8 Å². The first-order valence-electron chi connectivity index (χ1n) is 8.78. The summed E-state index contributed by atoms with van der Waals surface area (Å²) in [5.74, 6) is 0.440. The van der Waals surface area contributed by atoms with Crippen molar-refractivity contribution in [1.82, 2.24) is 9.55 Å². The second kappa shape index (κ2) is 6.33. The lowest BCUT2D eigenvalue weighted by Gasteiger charge is -2.30. The van der Waals surface area contributed by atoms with Gasteiger partial charge in [0.2, 0.25) is 5.95 Å². The number of allylic oxidation sites excluding steroid dienone is 1. The zero-order valence-electron chi connectivity index (χ0n) is 15.1. The molecule has 0 fully saturated rings. The molecule has 1 atom stereocenters. The van der Waals surface area contributed by atoms with Gasteiger partial charge >= 0.3 is 5.97 Å². The molecule has 132 valence electrons. The van der Waals surface area contributed by atoms with Crippen LogP contribution in [-0.4, -0.2) is 22.1 Å². The smallest absolute Gasteiger partial charge is 0.338 e. The molecule has 0 saturated carbocycles. The van der Waals surface area contributed by atoms with Crippen LogP contribution in [0.3, 0.4) is 0 Å². The number of nitrogens with zero attached hydrogens (tertiary/aromatic N) is 2. The summed E-state index contributed by atoms with van der Waals surface area (Å²) in [7, 11) is 0. The van der Waals surface area contributed by atoms with Crippen molar-refractivity contribution in [3.8, 4) is 0 Å². The molecule has 2 aromatic carbocycles. The van der Waals surface area contributed by atoms with E-state index in [-0.39, 0.29) is 12.0 Å². The molecular formula is C21H21N3O2. The minimum Gasteiger partial charge on any atom is -0.463 e.